The van der Waals surface area contributed by atoms with Crippen molar-refractivity contribution < 1.29 is 14.3 Å². The second-order valence-corrected chi connectivity index (χ2v) is 6.42. The van der Waals surface area contributed by atoms with Crippen LogP contribution in [0.1, 0.15) is 30.6 Å². The first-order valence-electron chi connectivity index (χ1n) is 8.76. The van der Waals surface area contributed by atoms with Gasteiger partial charge in [0.15, 0.2) is 11.5 Å². The number of nitrogens with zero attached hydrogens (tertiary/aromatic N) is 1. The molecule has 1 amide bonds. The number of carbonyl (C=O) groups is 1. The minimum Gasteiger partial charge on any atom is -0.454 e. The monoisotopic (exact) mass is 348 g/mol. The fraction of sp³-hybridized carbons (Fsp3) is 0.238. The van der Waals surface area contributed by atoms with Crippen LogP contribution in [0.3, 0.4) is 0 Å². The molecule has 2 aromatic carbocycles. The quantitative estimate of drug-likeness (QED) is 0.769. The van der Waals surface area contributed by atoms with Crippen molar-refractivity contribution in [3.05, 3.63) is 54.1 Å². The summed E-state index contributed by atoms with van der Waals surface area (Å²) in [6, 6.07) is 15.4. The number of para-hydroxylation sites is 1. The maximum atomic E-state index is 12.8. The zero-order chi connectivity index (χ0) is 18.1. The van der Waals surface area contributed by atoms with Crippen molar-refractivity contribution in [2.45, 2.75) is 26.3 Å². The van der Waals surface area contributed by atoms with Gasteiger partial charge in [-0.05, 0) is 43.7 Å². The molecule has 5 nitrogen and oxygen atoms in total. The minimum absolute atomic E-state index is 0.0834. The van der Waals surface area contributed by atoms with Gasteiger partial charge >= 0.3 is 0 Å². The normalized spacial score (nSPS) is 13.6. The van der Waals surface area contributed by atoms with Crippen molar-refractivity contribution in [2.24, 2.45) is 0 Å². The number of carbonyl (C=O) groups excluding carboxylic acids is 1. The van der Waals surface area contributed by atoms with E-state index in [1.54, 1.807) is 0 Å². The summed E-state index contributed by atoms with van der Waals surface area (Å²) in [5, 5.41) is 3.89. The summed E-state index contributed by atoms with van der Waals surface area (Å²) in [6.07, 6.45) is 0.879. The van der Waals surface area contributed by atoms with Gasteiger partial charge in [0.1, 0.15) is 0 Å². The molecule has 5 heteroatoms. The van der Waals surface area contributed by atoms with Crippen LogP contribution in [0.4, 0.5) is 0 Å². The van der Waals surface area contributed by atoms with Crippen LogP contribution in [0.5, 0.6) is 11.5 Å². The Kier molecular flexibility index (Phi) is 4.21. The first-order chi connectivity index (χ1) is 12.7. The van der Waals surface area contributed by atoms with E-state index in [4.69, 9.17) is 14.5 Å². The second kappa shape index (κ2) is 6.67. The second-order valence-electron chi connectivity index (χ2n) is 6.42. The lowest BCUT2D eigenvalue weighted by molar-refractivity contribution is 0.0941. The molecule has 1 atom stereocenters. The molecular formula is C21H20N2O3. The van der Waals surface area contributed by atoms with Gasteiger partial charge in [0.2, 0.25) is 6.79 Å². The zero-order valence-corrected chi connectivity index (χ0v) is 14.8. The van der Waals surface area contributed by atoms with E-state index in [1.807, 2.05) is 62.4 Å². The van der Waals surface area contributed by atoms with Crippen LogP contribution in [0.25, 0.3) is 22.2 Å². The van der Waals surface area contributed by atoms with Gasteiger partial charge in [-0.1, -0.05) is 25.1 Å². The minimum atomic E-state index is -0.0834. The standard InChI is InChI=1S/C21H20N2O3/c1-3-13(2)22-21(24)16-11-18(23-17-7-5-4-6-15(16)17)14-8-9-19-20(10-14)26-12-25-19/h4-11,13H,3,12H2,1-2H3,(H,22,24)/t13-/m0/s1. The summed E-state index contributed by atoms with van der Waals surface area (Å²) >= 11 is 0. The van der Waals surface area contributed by atoms with Crippen LogP contribution < -0.4 is 14.8 Å². The van der Waals surface area contributed by atoms with Crippen molar-refractivity contribution in [2.75, 3.05) is 6.79 Å². The Bertz CT molecular complexity index is 984. The molecule has 1 aromatic heterocycles. The number of pyridine rings is 1. The average molecular weight is 348 g/mol. The van der Waals surface area contributed by atoms with Crippen molar-refractivity contribution in [3.63, 3.8) is 0 Å². The number of nitrogens with one attached hydrogen (secondary N) is 1. The maximum Gasteiger partial charge on any atom is 0.252 e. The summed E-state index contributed by atoms with van der Waals surface area (Å²) in [4.78, 5) is 17.6. The van der Waals surface area contributed by atoms with Gasteiger partial charge < -0.3 is 14.8 Å². The fourth-order valence-corrected chi connectivity index (χ4v) is 2.97. The van der Waals surface area contributed by atoms with Crippen molar-refractivity contribution >= 4 is 16.8 Å². The molecule has 2 heterocycles. The van der Waals surface area contributed by atoms with E-state index >= 15 is 0 Å². The van der Waals surface area contributed by atoms with Gasteiger partial charge in [0.25, 0.3) is 5.91 Å². The molecule has 1 N–H and O–H groups in total. The maximum absolute atomic E-state index is 12.8. The Morgan fingerprint density at radius 1 is 1.15 bits per heavy atom. The third-order valence-electron chi connectivity index (χ3n) is 4.62. The van der Waals surface area contributed by atoms with Gasteiger partial charge in [-0.25, -0.2) is 4.98 Å². The van der Waals surface area contributed by atoms with E-state index in [2.05, 4.69) is 5.32 Å². The van der Waals surface area contributed by atoms with Crippen LogP contribution in [0, 0.1) is 0 Å². The van der Waals surface area contributed by atoms with Gasteiger partial charge in [0, 0.05) is 17.0 Å². The summed E-state index contributed by atoms with van der Waals surface area (Å²) in [5.41, 5.74) is 3.04. The molecule has 26 heavy (non-hydrogen) atoms. The molecule has 132 valence electrons. The number of hydrogen-bond donors (Lipinski definition) is 1. The molecule has 0 bridgehead atoms. The smallest absolute Gasteiger partial charge is 0.252 e. The van der Waals surface area contributed by atoms with E-state index in [1.165, 1.54) is 0 Å². The third-order valence-corrected chi connectivity index (χ3v) is 4.62. The van der Waals surface area contributed by atoms with E-state index < -0.39 is 0 Å². The number of hydrogen-bond acceptors (Lipinski definition) is 4. The highest BCUT2D eigenvalue weighted by Gasteiger charge is 2.18. The molecule has 4 rings (SSSR count). The number of amides is 1. The Morgan fingerprint density at radius 2 is 1.96 bits per heavy atom. The predicted molar refractivity (Wildman–Crippen MR) is 101 cm³/mol. The molecule has 3 aromatic rings. The van der Waals surface area contributed by atoms with Crippen LogP contribution in [-0.4, -0.2) is 23.7 Å². The molecule has 0 spiro atoms. The van der Waals surface area contributed by atoms with Crippen LogP contribution in [0.15, 0.2) is 48.5 Å². The highest BCUT2D eigenvalue weighted by Crippen LogP contribution is 2.36. The lowest BCUT2D eigenvalue weighted by Gasteiger charge is -2.14. The Hall–Kier alpha value is -3.08. The van der Waals surface area contributed by atoms with Crippen molar-refractivity contribution in [1.29, 1.82) is 0 Å². The molecule has 0 radical (unpaired) electrons. The molecule has 1 aliphatic heterocycles. The van der Waals surface area contributed by atoms with Gasteiger partial charge in [0.05, 0.1) is 16.8 Å². The first kappa shape index (κ1) is 16.4. The molecule has 0 saturated carbocycles. The van der Waals surface area contributed by atoms with Gasteiger partial charge in [-0.2, -0.15) is 0 Å². The lowest BCUT2D eigenvalue weighted by Crippen LogP contribution is -2.32. The van der Waals surface area contributed by atoms with Crippen molar-refractivity contribution in [3.8, 4) is 22.8 Å². The van der Waals surface area contributed by atoms with E-state index in [9.17, 15) is 4.79 Å². The van der Waals surface area contributed by atoms with Crippen LogP contribution in [0.2, 0.25) is 0 Å². The predicted octanol–water partition coefficient (Wildman–Crippen LogP) is 4.16. The Labute approximate surface area is 152 Å². The number of ether oxygens (including phenoxy) is 2. The number of rotatable bonds is 4. The largest absolute Gasteiger partial charge is 0.454 e. The Morgan fingerprint density at radius 3 is 2.81 bits per heavy atom. The van der Waals surface area contributed by atoms with E-state index in [0.717, 1.165) is 34.3 Å². The number of aromatic nitrogens is 1. The average Bonchev–Trinajstić information content (AvgIpc) is 3.14. The summed E-state index contributed by atoms with van der Waals surface area (Å²) in [5.74, 6) is 1.34. The third kappa shape index (κ3) is 2.96. The lowest BCUT2D eigenvalue weighted by atomic mass is 10.0. The topological polar surface area (TPSA) is 60.5 Å². The van der Waals surface area contributed by atoms with Crippen LogP contribution in [-0.2, 0) is 0 Å². The number of benzene rings is 2. The van der Waals surface area contributed by atoms with Crippen LogP contribution >= 0.6 is 0 Å². The fourth-order valence-electron chi connectivity index (χ4n) is 2.97. The van der Waals surface area contributed by atoms with Crippen molar-refractivity contribution in [1.82, 2.24) is 10.3 Å². The molecular weight excluding hydrogens is 328 g/mol. The summed E-state index contributed by atoms with van der Waals surface area (Å²) in [7, 11) is 0. The highest BCUT2D eigenvalue weighted by atomic mass is 16.7. The summed E-state index contributed by atoms with van der Waals surface area (Å²) in [6.45, 7) is 4.28. The molecule has 0 fully saturated rings. The molecule has 0 aliphatic carbocycles. The van der Waals surface area contributed by atoms with Gasteiger partial charge in [-0.3, -0.25) is 4.79 Å². The SMILES string of the molecule is CC[C@H](C)NC(=O)c1cc(-c2ccc3c(c2)OCO3)nc2ccccc12. The van der Waals surface area contributed by atoms with Gasteiger partial charge in [-0.15, -0.1) is 0 Å². The molecule has 0 saturated heterocycles. The molecule has 0 unspecified atom stereocenters. The summed E-state index contributed by atoms with van der Waals surface area (Å²) < 4.78 is 10.8. The highest BCUT2D eigenvalue weighted by molar-refractivity contribution is 6.07. The van der Waals surface area contributed by atoms with E-state index in [-0.39, 0.29) is 18.7 Å². The zero-order valence-electron chi connectivity index (χ0n) is 14.8. The first-order valence-corrected chi connectivity index (χ1v) is 8.76. The number of fused-ring (bicyclic) bond motifs is 2. The Balaban J connectivity index is 1.82. The molecule has 1 aliphatic rings. The van der Waals surface area contributed by atoms with E-state index in [0.29, 0.717) is 11.3 Å².